The SMILES string of the molecule is CCOC(=O)c1c(-c2ccc(Br)cc2)csc1NC(=O)c1cccc(N2C(=O)CCC2=O)c1. The van der Waals surface area contributed by atoms with Gasteiger partial charge in [0.25, 0.3) is 5.91 Å². The highest BCUT2D eigenvalue weighted by Crippen LogP contribution is 2.37. The molecular weight excluding hydrogens is 508 g/mol. The number of carbonyl (C=O) groups is 4. The predicted octanol–water partition coefficient (Wildman–Crippen LogP) is 5.26. The van der Waals surface area contributed by atoms with Crippen LogP contribution < -0.4 is 10.2 Å². The molecule has 1 aliphatic rings. The topological polar surface area (TPSA) is 92.8 Å². The Bertz CT molecular complexity index is 1240. The van der Waals surface area contributed by atoms with Crippen LogP contribution in [-0.2, 0) is 14.3 Å². The lowest BCUT2D eigenvalue weighted by molar-refractivity contribution is -0.121. The molecule has 1 saturated heterocycles. The second kappa shape index (κ2) is 9.68. The van der Waals surface area contributed by atoms with Gasteiger partial charge < -0.3 is 10.1 Å². The zero-order valence-corrected chi connectivity index (χ0v) is 20.0. The smallest absolute Gasteiger partial charge is 0.341 e. The molecule has 0 aliphatic carbocycles. The third-order valence-electron chi connectivity index (χ3n) is 5.07. The predicted molar refractivity (Wildman–Crippen MR) is 130 cm³/mol. The van der Waals surface area contributed by atoms with E-state index in [4.69, 9.17) is 4.74 Å². The molecule has 9 heteroatoms. The van der Waals surface area contributed by atoms with Crippen molar-refractivity contribution in [3.63, 3.8) is 0 Å². The number of rotatable bonds is 6. The third-order valence-corrected chi connectivity index (χ3v) is 6.50. The monoisotopic (exact) mass is 526 g/mol. The number of anilines is 2. The van der Waals surface area contributed by atoms with Crippen LogP contribution in [0.5, 0.6) is 0 Å². The number of hydrogen-bond donors (Lipinski definition) is 1. The summed E-state index contributed by atoms with van der Waals surface area (Å²) in [6.45, 7) is 1.91. The lowest BCUT2D eigenvalue weighted by Gasteiger charge is -2.15. The van der Waals surface area contributed by atoms with Gasteiger partial charge in [-0.15, -0.1) is 11.3 Å². The van der Waals surface area contributed by atoms with E-state index in [0.717, 1.165) is 14.9 Å². The molecule has 168 valence electrons. The van der Waals surface area contributed by atoms with Crippen LogP contribution in [0.25, 0.3) is 11.1 Å². The maximum absolute atomic E-state index is 13.0. The van der Waals surface area contributed by atoms with E-state index in [1.165, 1.54) is 17.4 Å². The van der Waals surface area contributed by atoms with E-state index in [0.29, 0.717) is 16.3 Å². The van der Waals surface area contributed by atoms with Gasteiger partial charge in [0.1, 0.15) is 10.6 Å². The molecule has 4 rings (SSSR count). The largest absolute Gasteiger partial charge is 0.462 e. The van der Waals surface area contributed by atoms with Gasteiger partial charge in [-0.1, -0.05) is 34.1 Å². The first kappa shape index (κ1) is 22.9. The van der Waals surface area contributed by atoms with E-state index >= 15 is 0 Å². The molecule has 1 aliphatic heterocycles. The number of nitrogens with one attached hydrogen (secondary N) is 1. The Morgan fingerprint density at radius 3 is 2.45 bits per heavy atom. The highest BCUT2D eigenvalue weighted by Gasteiger charge is 2.30. The Hall–Kier alpha value is -3.30. The van der Waals surface area contributed by atoms with Crippen molar-refractivity contribution >= 4 is 61.6 Å². The summed E-state index contributed by atoms with van der Waals surface area (Å²) in [5, 5.41) is 4.94. The number of amides is 3. The zero-order valence-electron chi connectivity index (χ0n) is 17.6. The second-order valence-electron chi connectivity index (χ2n) is 7.21. The van der Waals surface area contributed by atoms with Crippen LogP contribution in [0, 0.1) is 0 Å². The molecule has 0 atom stereocenters. The van der Waals surface area contributed by atoms with Crippen LogP contribution in [0.4, 0.5) is 10.7 Å². The molecule has 0 saturated carbocycles. The Balaban J connectivity index is 1.65. The van der Waals surface area contributed by atoms with Gasteiger partial charge in [-0.05, 0) is 42.8 Å². The molecule has 1 fully saturated rings. The Morgan fingerprint density at radius 2 is 1.79 bits per heavy atom. The molecule has 1 N–H and O–H groups in total. The molecule has 33 heavy (non-hydrogen) atoms. The molecule has 1 aromatic heterocycles. The molecule has 3 amide bonds. The lowest BCUT2D eigenvalue weighted by atomic mass is 10.0. The maximum Gasteiger partial charge on any atom is 0.341 e. The number of benzene rings is 2. The summed E-state index contributed by atoms with van der Waals surface area (Å²) < 4.78 is 6.14. The maximum atomic E-state index is 13.0. The van der Waals surface area contributed by atoms with Gasteiger partial charge in [-0.2, -0.15) is 0 Å². The minimum atomic E-state index is -0.533. The average molecular weight is 527 g/mol. The number of hydrogen-bond acceptors (Lipinski definition) is 6. The van der Waals surface area contributed by atoms with Crippen LogP contribution in [0.3, 0.4) is 0 Å². The van der Waals surface area contributed by atoms with Crippen molar-refractivity contribution in [2.75, 3.05) is 16.8 Å². The summed E-state index contributed by atoms with van der Waals surface area (Å²) in [6, 6.07) is 13.8. The summed E-state index contributed by atoms with van der Waals surface area (Å²) in [5.74, 6) is -1.58. The molecule has 0 unspecified atom stereocenters. The van der Waals surface area contributed by atoms with E-state index in [2.05, 4.69) is 21.2 Å². The quantitative estimate of drug-likeness (QED) is 0.349. The van der Waals surface area contributed by atoms with Gasteiger partial charge in [0.15, 0.2) is 0 Å². The first-order valence-corrected chi connectivity index (χ1v) is 11.9. The Morgan fingerprint density at radius 1 is 1.09 bits per heavy atom. The van der Waals surface area contributed by atoms with Crippen LogP contribution in [0.15, 0.2) is 58.4 Å². The molecule has 2 heterocycles. The Labute approximate surface area is 202 Å². The summed E-state index contributed by atoms with van der Waals surface area (Å²) in [4.78, 5) is 51.0. The molecule has 0 bridgehead atoms. The van der Waals surface area contributed by atoms with Crippen LogP contribution >= 0.6 is 27.3 Å². The zero-order chi connectivity index (χ0) is 23.5. The van der Waals surface area contributed by atoms with Crippen LogP contribution in [0.2, 0.25) is 0 Å². The van der Waals surface area contributed by atoms with E-state index in [-0.39, 0.29) is 42.4 Å². The van der Waals surface area contributed by atoms with Gasteiger partial charge in [-0.25, -0.2) is 4.79 Å². The summed E-state index contributed by atoms with van der Waals surface area (Å²) >= 11 is 4.62. The van der Waals surface area contributed by atoms with Gasteiger partial charge in [-0.3, -0.25) is 19.3 Å². The fourth-order valence-corrected chi connectivity index (χ4v) is 4.74. The fraction of sp³-hybridized carbons (Fsp3) is 0.167. The van der Waals surface area contributed by atoms with Crippen molar-refractivity contribution in [2.45, 2.75) is 19.8 Å². The highest BCUT2D eigenvalue weighted by atomic mass is 79.9. The van der Waals surface area contributed by atoms with E-state index in [1.807, 2.05) is 24.3 Å². The van der Waals surface area contributed by atoms with E-state index in [1.54, 1.807) is 30.5 Å². The summed E-state index contributed by atoms with van der Waals surface area (Å²) in [6.07, 6.45) is 0.318. The first-order chi connectivity index (χ1) is 15.9. The number of carbonyl (C=O) groups excluding carboxylic acids is 4. The van der Waals surface area contributed by atoms with E-state index < -0.39 is 11.9 Å². The first-order valence-electron chi connectivity index (χ1n) is 10.2. The molecule has 7 nitrogen and oxygen atoms in total. The number of esters is 1. The lowest BCUT2D eigenvalue weighted by Crippen LogP contribution is -2.28. The van der Waals surface area contributed by atoms with Crippen molar-refractivity contribution in [2.24, 2.45) is 0 Å². The standard InChI is InChI=1S/C24H19BrN2O5S/c1-2-32-24(31)21-18(14-6-8-16(25)9-7-14)13-33-23(21)26-22(30)15-4-3-5-17(12-15)27-19(28)10-11-20(27)29/h3-9,12-13H,2,10-11H2,1H3,(H,26,30). The van der Waals surface area contributed by atoms with Crippen molar-refractivity contribution in [3.05, 3.63) is 69.5 Å². The van der Waals surface area contributed by atoms with Crippen molar-refractivity contribution in [3.8, 4) is 11.1 Å². The van der Waals surface area contributed by atoms with Gasteiger partial charge in [0, 0.05) is 33.8 Å². The van der Waals surface area contributed by atoms with Crippen molar-refractivity contribution < 1.29 is 23.9 Å². The van der Waals surface area contributed by atoms with Gasteiger partial charge in [0.05, 0.1) is 12.3 Å². The van der Waals surface area contributed by atoms with Crippen molar-refractivity contribution in [1.82, 2.24) is 0 Å². The molecule has 0 spiro atoms. The molecule has 2 aromatic carbocycles. The molecular formula is C24H19BrN2O5S. The number of halogens is 1. The summed E-state index contributed by atoms with van der Waals surface area (Å²) in [7, 11) is 0. The highest BCUT2D eigenvalue weighted by molar-refractivity contribution is 9.10. The average Bonchev–Trinajstić information content (AvgIpc) is 3.37. The minimum absolute atomic E-state index is 0.159. The second-order valence-corrected chi connectivity index (χ2v) is 9.00. The van der Waals surface area contributed by atoms with Crippen LogP contribution in [0.1, 0.15) is 40.5 Å². The van der Waals surface area contributed by atoms with Crippen molar-refractivity contribution in [1.29, 1.82) is 0 Å². The molecule has 3 aromatic rings. The van der Waals surface area contributed by atoms with Crippen LogP contribution in [-0.4, -0.2) is 30.3 Å². The Kier molecular flexibility index (Phi) is 6.71. The number of nitrogens with zero attached hydrogens (tertiary/aromatic N) is 1. The molecule has 0 radical (unpaired) electrons. The van der Waals surface area contributed by atoms with Gasteiger partial charge >= 0.3 is 5.97 Å². The normalized spacial score (nSPS) is 13.3. The number of imide groups is 1. The number of thiophene rings is 1. The third kappa shape index (κ3) is 4.74. The minimum Gasteiger partial charge on any atom is -0.462 e. The van der Waals surface area contributed by atoms with E-state index in [9.17, 15) is 19.2 Å². The van der Waals surface area contributed by atoms with Gasteiger partial charge in [0.2, 0.25) is 11.8 Å². The summed E-state index contributed by atoms with van der Waals surface area (Å²) in [5.41, 5.74) is 2.35. The fourth-order valence-electron chi connectivity index (χ4n) is 3.52. The number of ether oxygens (including phenoxy) is 1.